The first-order valence-corrected chi connectivity index (χ1v) is 7.88. The van der Waals surface area contributed by atoms with Crippen LogP contribution in [0.2, 0.25) is 0 Å². The van der Waals surface area contributed by atoms with E-state index in [1.807, 2.05) is 19.4 Å². The smallest absolute Gasteiger partial charge is 0.191 e. The summed E-state index contributed by atoms with van der Waals surface area (Å²) in [5, 5.41) is 3.92. The van der Waals surface area contributed by atoms with Gasteiger partial charge in [-0.1, -0.05) is 11.8 Å². The molecule has 0 saturated carbocycles. The molecule has 0 bridgehead atoms. The molecule has 1 atom stereocenters. The molecule has 1 saturated heterocycles. The van der Waals surface area contributed by atoms with Crippen LogP contribution in [0.3, 0.4) is 0 Å². The molecule has 2 rings (SSSR count). The van der Waals surface area contributed by atoms with E-state index in [0.29, 0.717) is 6.04 Å². The number of aromatic nitrogens is 2. The van der Waals surface area contributed by atoms with Gasteiger partial charge in [0.15, 0.2) is 5.16 Å². The van der Waals surface area contributed by atoms with Crippen molar-refractivity contribution in [2.45, 2.75) is 24.0 Å². The minimum atomic E-state index is 0.535. The molecule has 0 amide bonds. The van der Waals surface area contributed by atoms with Gasteiger partial charge in [-0.05, 0) is 32.7 Å². The largest absolute Gasteiger partial charge is 0.373 e. The predicted molar refractivity (Wildman–Crippen MR) is 82.3 cm³/mol. The second-order valence-electron chi connectivity index (χ2n) is 5.02. The zero-order valence-corrected chi connectivity index (χ0v) is 13.0. The third-order valence-corrected chi connectivity index (χ3v) is 4.19. The Morgan fingerprint density at radius 3 is 2.89 bits per heavy atom. The minimum absolute atomic E-state index is 0.535. The fraction of sp³-hybridized carbons (Fsp3) is 0.692. The summed E-state index contributed by atoms with van der Waals surface area (Å²) in [7, 11) is 6.21. The Balaban J connectivity index is 2.19. The van der Waals surface area contributed by atoms with Gasteiger partial charge in [-0.25, -0.2) is 9.97 Å². The van der Waals surface area contributed by atoms with Crippen molar-refractivity contribution in [3.05, 3.63) is 6.07 Å². The molecule has 1 fully saturated rings. The number of nitrogens with one attached hydrogen (secondary N) is 1. The van der Waals surface area contributed by atoms with Crippen LogP contribution >= 0.6 is 11.8 Å². The van der Waals surface area contributed by atoms with Crippen molar-refractivity contribution in [3.8, 4) is 0 Å². The molecule has 106 valence electrons. The Hall–Kier alpha value is -1.01. The molecule has 1 unspecified atom stereocenters. The van der Waals surface area contributed by atoms with Gasteiger partial charge in [0.25, 0.3) is 0 Å². The number of likely N-dealkylation sites (N-methyl/N-ethyl adjacent to an activating group) is 2. The zero-order valence-electron chi connectivity index (χ0n) is 12.2. The average molecular weight is 281 g/mol. The fourth-order valence-corrected chi connectivity index (χ4v) is 2.83. The highest BCUT2D eigenvalue weighted by Gasteiger charge is 2.22. The molecular formula is C13H23N5S. The maximum absolute atomic E-state index is 4.62. The molecule has 5 nitrogen and oxygen atoms in total. The normalized spacial score (nSPS) is 20.3. The number of thioether (sulfide) groups is 1. The number of rotatable bonds is 4. The third kappa shape index (κ3) is 3.51. The molecule has 0 aliphatic carbocycles. The van der Waals surface area contributed by atoms with Gasteiger partial charge in [0.1, 0.15) is 11.6 Å². The lowest BCUT2D eigenvalue weighted by Gasteiger charge is -2.36. The molecule has 1 aliphatic rings. The Bertz CT molecular complexity index is 403. The SMILES string of the molecule is CNc1cc(N(C)C2CCCN(C)C2)nc(SC)n1. The van der Waals surface area contributed by atoms with Crippen LogP contribution in [0.15, 0.2) is 11.2 Å². The summed E-state index contributed by atoms with van der Waals surface area (Å²) in [5.41, 5.74) is 0. The van der Waals surface area contributed by atoms with Crippen LogP contribution in [-0.2, 0) is 0 Å². The van der Waals surface area contributed by atoms with Gasteiger partial charge in [0.2, 0.25) is 0 Å². The lowest BCUT2D eigenvalue weighted by molar-refractivity contribution is 0.247. The van der Waals surface area contributed by atoms with Crippen molar-refractivity contribution >= 4 is 23.4 Å². The Labute approximate surface area is 119 Å². The molecule has 19 heavy (non-hydrogen) atoms. The first-order valence-electron chi connectivity index (χ1n) is 6.66. The number of piperidine rings is 1. The van der Waals surface area contributed by atoms with Crippen molar-refractivity contribution in [2.75, 3.05) is 50.7 Å². The summed E-state index contributed by atoms with van der Waals surface area (Å²) < 4.78 is 0. The molecule has 1 N–H and O–H groups in total. The van der Waals surface area contributed by atoms with Crippen LogP contribution in [0.25, 0.3) is 0 Å². The maximum atomic E-state index is 4.62. The quantitative estimate of drug-likeness (QED) is 0.670. The van der Waals surface area contributed by atoms with Crippen LogP contribution in [0.1, 0.15) is 12.8 Å². The molecule has 6 heteroatoms. The van der Waals surface area contributed by atoms with E-state index in [4.69, 9.17) is 0 Å². The standard InChI is InChI=1S/C13H23N5S/c1-14-11-8-12(16-13(15-11)19-4)18(3)10-6-5-7-17(2)9-10/h8,10H,5-7,9H2,1-4H3,(H,14,15,16). The van der Waals surface area contributed by atoms with Gasteiger partial charge < -0.3 is 15.1 Å². The lowest BCUT2D eigenvalue weighted by Crippen LogP contribution is -2.45. The van der Waals surface area contributed by atoms with Crippen LogP contribution in [0, 0.1) is 0 Å². The Morgan fingerprint density at radius 1 is 1.47 bits per heavy atom. The van der Waals surface area contributed by atoms with E-state index in [0.717, 1.165) is 23.3 Å². The van der Waals surface area contributed by atoms with E-state index in [9.17, 15) is 0 Å². The van der Waals surface area contributed by atoms with E-state index in [1.54, 1.807) is 11.8 Å². The fourth-order valence-electron chi connectivity index (χ4n) is 2.46. The Kier molecular flexibility index (Phi) is 4.87. The zero-order chi connectivity index (χ0) is 13.8. The van der Waals surface area contributed by atoms with Crippen molar-refractivity contribution in [3.63, 3.8) is 0 Å². The van der Waals surface area contributed by atoms with E-state index in [1.165, 1.54) is 19.4 Å². The van der Waals surface area contributed by atoms with Gasteiger partial charge in [0.05, 0.1) is 0 Å². The molecule has 0 aromatic carbocycles. The van der Waals surface area contributed by atoms with Crippen LogP contribution in [-0.4, -0.2) is 61.4 Å². The molecule has 0 spiro atoms. The highest BCUT2D eigenvalue weighted by Crippen LogP contribution is 2.23. The Morgan fingerprint density at radius 2 is 2.26 bits per heavy atom. The van der Waals surface area contributed by atoms with E-state index in [-0.39, 0.29) is 0 Å². The first-order chi connectivity index (χ1) is 9.13. The lowest BCUT2D eigenvalue weighted by atomic mass is 10.1. The van der Waals surface area contributed by atoms with Gasteiger partial charge in [0, 0.05) is 32.7 Å². The topological polar surface area (TPSA) is 44.3 Å². The summed E-state index contributed by atoms with van der Waals surface area (Å²) in [5.74, 6) is 1.88. The van der Waals surface area contributed by atoms with E-state index < -0.39 is 0 Å². The first kappa shape index (κ1) is 14.4. The number of likely N-dealkylation sites (tertiary alicyclic amines) is 1. The van der Waals surface area contributed by atoms with Crippen LogP contribution < -0.4 is 10.2 Å². The molecular weight excluding hydrogens is 258 g/mol. The van der Waals surface area contributed by atoms with Gasteiger partial charge in [-0.2, -0.15) is 0 Å². The van der Waals surface area contributed by atoms with Crippen LogP contribution in [0.4, 0.5) is 11.6 Å². The van der Waals surface area contributed by atoms with Crippen molar-refractivity contribution in [2.24, 2.45) is 0 Å². The number of hydrogen-bond acceptors (Lipinski definition) is 6. The predicted octanol–water partition coefficient (Wildman–Crippen LogP) is 1.77. The molecule has 1 aromatic rings. The molecule has 0 radical (unpaired) electrons. The highest BCUT2D eigenvalue weighted by molar-refractivity contribution is 7.98. The van der Waals surface area contributed by atoms with Crippen molar-refractivity contribution in [1.82, 2.24) is 14.9 Å². The monoisotopic (exact) mass is 281 g/mol. The second kappa shape index (κ2) is 6.43. The summed E-state index contributed by atoms with van der Waals surface area (Å²) in [4.78, 5) is 13.7. The highest BCUT2D eigenvalue weighted by atomic mass is 32.2. The summed E-state index contributed by atoms with van der Waals surface area (Å²) in [6.07, 6.45) is 4.49. The van der Waals surface area contributed by atoms with Gasteiger partial charge >= 0.3 is 0 Å². The van der Waals surface area contributed by atoms with E-state index >= 15 is 0 Å². The minimum Gasteiger partial charge on any atom is -0.373 e. The molecule has 1 aliphatic heterocycles. The average Bonchev–Trinajstić information content (AvgIpc) is 2.45. The molecule has 1 aromatic heterocycles. The number of anilines is 2. The van der Waals surface area contributed by atoms with E-state index in [2.05, 4.69) is 39.2 Å². The second-order valence-corrected chi connectivity index (χ2v) is 5.79. The summed E-state index contributed by atoms with van der Waals surface area (Å²) >= 11 is 1.58. The summed E-state index contributed by atoms with van der Waals surface area (Å²) in [6, 6.07) is 2.56. The van der Waals surface area contributed by atoms with Crippen molar-refractivity contribution in [1.29, 1.82) is 0 Å². The van der Waals surface area contributed by atoms with Gasteiger partial charge in [-0.15, -0.1) is 0 Å². The third-order valence-electron chi connectivity index (χ3n) is 3.64. The molecule has 2 heterocycles. The van der Waals surface area contributed by atoms with Crippen molar-refractivity contribution < 1.29 is 0 Å². The maximum Gasteiger partial charge on any atom is 0.191 e. The van der Waals surface area contributed by atoms with Gasteiger partial charge in [-0.3, -0.25) is 0 Å². The number of nitrogens with zero attached hydrogens (tertiary/aromatic N) is 4. The number of hydrogen-bond donors (Lipinski definition) is 1. The van der Waals surface area contributed by atoms with Crippen LogP contribution in [0.5, 0.6) is 0 Å². The summed E-state index contributed by atoms with van der Waals surface area (Å²) in [6.45, 7) is 2.30.